The van der Waals surface area contributed by atoms with Gasteiger partial charge in [0.2, 0.25) is 10.0 Å². The van der Waals surface area contributed by atoms with E-state index in [1.165, 1.54) is 25.3 Å². The Morgan fingerprint density at radius 2 is 1.71 bits per heavy atom. The van der Waals surface area contributed by atoms with Crippen molar-refractivity contribution in [1.29, 1.82) is 0 Å². The zero-order chi connectivity index (χ0) is 20.3. The summed E-state index contributed by atoms with van der Waals surface area (Å²) in [6.45, 7) is 0. The fourth-order valence-corrected chi connectivity index (χ4v) is 5.21. The SMILES string of the molecule is COc1ccc(C(=O)Nc2cc(Cl)cc(Cl)c2)cc1S(=O)(=O)NC1CCCC1. The number of rotatable bonds is 6. The van der Waals surface area contributed by atoms with Crippen molar-refractivity contribution in [3.63, 3.8) is 0 Å². The van der Waals surface area contributed by atoms with Crippen LogP contribution in [0.25, 0.3) is 0 Å². The van der Waals surface area contributed by atoms with Crippen molar-refractivity contribution in [2.75, 3.05) is 12.4 Å². The molecule has 1 amide bonds. The summed E-state index contributed by atoms with van der Waals surface area (Å²) in [5.41, 5.74) is 0.579. The third-order valence-electron chi connectivity index (χ3n) is 4.51. The number of hydrogen-bond donors (Lipinski definition) is 2. The number of amides is 1. The number of benzene rings is 2. The molecule has 2 aromatic rings. The lowest BCUT2D eigenvalue weighted by atomic mass is 10.2. The normalized spacial score (nSPS) is 14.8. The van der Waals surface area contributed by atoms with Crippen LogP contribution in [-0.4, -0.2) is 27.5 Å². The van der Waals surface area contributed by atoms with Gasteiger partial charge in [0.1, 0.15) is 10.6 Å². The van der Waals surface area contributed by atoms with Gasteiger partial charge in [0, 0.05) is 27.3 Å². The number of methoxy groups -OCH3 is 1. The number of ether oxygens (including phenoxy) is 1. The van der Waals surface area contributed by atoms with Crippen LogP contribution in [-0.2, 0) is 10.0 Å². The molecule has 0 unspecified atom stereocenters. The van der Waals surface area contributed by atoms with Gasteiger partial charge < -0.3 is 10.1 Å². The Kier molecular flexibility index (Phi) is 6.50. The summed E-state index contributed by atoms with van der Waals surface area (Å²) < 4.78 is 33.6. The summed E-state index contributed by atoms with van der Waals surface area (Å²) in [6.07, 6.45) is 3.60. The van der Waals surface area contributed by atoms with E-state index in [0.29, 0.717) is 15.7 Å². The predicted octanol–water partition coefficient (Wildman–Crippen LogP) is 4.48. The van der Waals surface area contributed by atoms with Crippen molar-refractivity contribution < 1.29 is 17.9 Å². The molecule has 2 aromatic carbocycles. The summed E-state index contributed by atoms with van der Waals surface area (Å²) in [6, 6.07) is 8.81. The number of carbonyl (C=O) groups excluding carboxylic acids is 1. The van der Waals surface area contributed by atoms with E-state index in [1.807, 2.05) is 0 Å². The minimum absolute atomic E-state index is 0.0707. The third kappa shape index (κ3) is 4.97. The van der Waals surface area contributed by atoms with Crippen LogP contribution in [0, 0.1) is 0 Å². The number of sulfonamides is 1. The Balaban J connectivity index is 1.88. The van der Waals surface area contributed by atoms with Crippen LogP contribution >= 0.6 is 23.2 Å². The standard InChI is InChI=1S/C19H20Cl2N2O4S/c1-27-17-7-6-12(19(24)22-16-10-13(20)9-14(21)11-16)8-18(17)28(25,26)23-15-4-2-3-5-15/h6-11,15,23H,2-5H2,1H3,(H,22,24). The van der Waals surface area contributed by atoms with E-state index in [2.05, 4.69) is 10.0 Å². The zero-order valence-corrected chi connectivity index (χ0v) is 17.5. The van der Waals surface area contributed by atoms with Gasteiger partial charge in [0.05, 0.1) is 7.11 Å². The third-order valence-corrected chi connectivity index (χ3v) is 6.49. The molecule has 0 atom stereocenters. The summed E-state index contributed by atoms with van der Waals surface area (Å²) in [5.74, 6) is -0.314. The molecule has 0 bridgehead atoms. The molecular weight excluding hydrogens is 423 g/mol. The van der Waals surface area contributed by atoms with Gasteiger partial charge >= 0.3 is 0 Å². The summed E-state index contributed by atoms with van der Waals surface area (Å²) in [5, 5.41) is 3.42. The first-order chi connectivity index (χ1) is 13.3. The van der Waals surface area contributed by atoms with E-state index >= 15 is 0 Å². The monoisotopic (exact) mass is 442 g/mol. The average molecular weight is 443 g/mol. The molecule has 0 aliphatic heterocycles. The van der Waals surface area contributed by atoms with E-state index in [-0.39, 0.29) is 22.3 Å². The molecule has 3 rings (SSSR count). The molecule has 1 aliphatic rings. The fourth-order valence-electron chi connectivity index (χ4n) is 3.18. The molecule has 1 fully saturated rings. The van der Waals surface area contributed by atoms with Crippen LogP contribution < -0.4 is 14.8 Å². The molecule has 9 heteroatoms. The van der Waals surface area contributed by atoms with Crippen molar-refractivity contribution in [3.05, 3.63) is 52.0 Å². The number of hydrogen-bond acceptors (Lipinski definition) is 4. The Morgan fingerprint density at radius 1 is 1.07 bits per heavy atom. The van der Waals surface area contributed by atoms with Gasteiger partial charge in [0.25, 0.3) is 5.91 Å². The largest absolute Gasteiger partial charge is 0.495 e. The van der Waals surface area contributed by atoms with Gasteiger partial charge in [-0.25, -0.2) is 13.1 Å². The molecule has 0 aromatic heterocycles. The van der Waals surface area contributed by atoms with Gasteiger partial charge in [-0.05, 0) is 49.2 Å². The molecule has 0 saturated heterocycles. The molecule has 1 saturated carbocycles. The Hall–Kier alpha value is -1.80. The topological polar surface area (TPSA) is 84.5 Å². The molecular formula is C19H20Cl2N2O4S. The predicted molar refractivity (Wildman–Crippen MR) is 110 cm³/mol. The van der Waals surface area contributed by atoms with Crippen LogP contribution in [0.4, 0.5) is 5.69 Å². The van der Waals surface area contributed by atoms with Crippen LogP contribution in [0.1, 0.15) is 36.0 Å². The van der Waals surface area contributed by atoms with Crippen LogP contribution in [0.2, 0.25) is 10.0 Å². The molecule has 0 radical (unpaired) electrons. The second-order valence-electron chi connectivity index (χ2n) is 6.58. The van der Waals surface area contributed by atoms with E-state index in [0.717, 1.165) is 25.7 Å². The van der Waals surface area contributed by atoms with Crippen LogP contribution in [0.3, 0.4) is 0 Å². The lowest BCUT2D eigenvalue weighted by Crippen LogP contribution is -2.33. The fraction of sp³-hybridized carbons (Fsp3) is 0.316. The molecule has 0 spiro atoms. The molecule has 6 nitrogen and oxygen atoms in total. The summed E-state index contributed by atoms with van der Waals surface area (Å²) >= 11 is 11.9. The van der Waals surface area contributed by atoms with Crippen molar-refractivity contribution in [2.45, 2.75) is 36.6 Å². The van der Waals surface area contributed by atoms with E-state index in [4.69, 9.17) is 27.9 Å². The summed E-state index contributed by atoms with van der Waals surface area (Å²) in [7, 11) is -2.44. The van der Waals surface area contributed by atoms with Gasteiger partial charge in [-0.2, -0.15) is 0 Å². The minimum Gasteiger partial charge on any atom is -0.495 e. The quantitative estimate of drug-likeness (QED) is 0.690. The highest BCUT2D eigenvalue weighted by atomic mass is 35.5. The molecule has 150 valence electrons. The van der Waals surface area contributed by atoms with E-state index < -0.39 is 15.9 Å². The van der Waals surface area contributed by atoms with Crippen molar-refractivity contribution in [3.8, 4) is 5.75 Å². The minimum atomic E-state index is -3.83. The highest BCUT2D eigenvalue weighted by Crippen LogP contribution is 2.28. The Bertz CT molecular complexity index is 969. The Labute approximate surface area is 174 Å². The lowest BCUT2D eigenvalue weighted by molar-refractivity contribution is 0.102. The van der Waals surface area contributed by atoms with Crippen molar-refractivity contribution >= 4 is 44.8 Å². The number of nitrogens with one attached hydrogen (secondary N) is 2. The molecule has 1 aliphatic carbocycles. The molecule has 28 heavy (non-hydrogen) atoms. The van der Waals surface area contributed by atoms with Crippen LogP contribution in [0.15, 0.2) is 41.3 Å². The highest BCUT2D eigenvalue weighted by molar-refractivity contribution is 7.89. The summed E-state index contributed by atoms with van der Waals surface area (Å²) in [4.78, 5) is 12.5. The Morgan fingerprint density at radius 3 is 2.32 bits per heavy atom. The van der Waals surface area contributed by atoms with E-state index in [9.17, 15) is 13.2 Å². The zero-order valence-electron chi connectivity index (χ0n) is 15.2. The van der Waals surface area contributed by atoms with Crippen molar-refractivity contribution in [1.82, 2.24) is 4.72 Å². The van der Waals surface area contributed by atoms with Crippen molar-refractivity contribution in [2.24, 2.45) is 0 Å². The van der Waals surface area contributed by atoms with Gasteiger partial charge in [-0.15, -0.1) is 0 Å². The maximum Gasteiger partial charge on any atom is 0.255 e. The maximum atomic E-state index is 12.8. The average Bonchev–Trinajstić information content (AvgIpc) is 3.12. The first-order valence-corrected chi connectivity index (χ1v) is 11.0. The second-order valence-corrected chi connectivity index (χ2v) is 9.14. The van der Waals surface area contributed by atoms with Crippen LogP contribution in [0.5, 0.6) is 5.75 Å². The number of carbonyl (C=O) groups is 1. The lowest BCUT2D eigenvalue weighted by Gasteiger charge is -2.16. The molecule has 0 heterocycles. The van der Waals surface area contributed by atoms with Gasteiger partial charge in [0.15, 0.2) is 0 Å². The second kappa shape index (κ2) is 8.69. The highest BCUT2D eigenvalue weighted by Gasteiger charge is 2.26. The first-order valence-electron chi connectivity index (χ1n) is 8.76. The molecule has 2 N–H and O–H groups in total. The first kappa shape index (κ1) is 20.9. The van der Waals surface area contributed by atoms with Gasteiger partial charge in [-0.1, -0.05) is 36.0 Å². The smallest absolute Gasteiger partial charge is 0.255 e. The van der Waals surface area contributed by atoms with E-state index in [1.54, 1.807) is 18.2 Å². The maximum absolute atomic E-state index is 12.8. The number of halogens is 2. The number of anilines is 1. The van der Waals surface area contributed by atoms with Gasteiger partial charge in [-0.3, -0.25) is 4.79 Å².